The van der Waals surface area contributed by atoms with Crippen molar-refractivity contribution in [3.63, 3.8) is 0 Å². The van der Waals surface area contributed by atoms with E-state index in [1.54, 1.807) is 24.3 Å². The Hall–Kier alpha value is -1.52. The Morgan fingerprint density at radius 3 is 2.26 bits per heavy atom. The van der Waals surface area contributed by atoms with Crippen LogP contribution in [0.1, 0.15) is 5.56 Å². The molecule has 19 heavy (non-hydrogen) atoms. The summed E-state index contributed by atoms with van der Waals surface area (Å²) in [6, 6.07) is 14.4. The summed E-state index contributed by atoms with van der Waals surface area (Å²) in [6.07, 6.45) is 1.20. The molecule has 2 aromatic carbocycles. The van der Waals surface area contributed by atoms with Crippen molar-refractivity contribution in [3.05, 3.63) is 54.1 Å². The van der Waals surface area contributed by atoms with Crippen LogP contribution in [0.2, 0.25) is 0 Å². The van der Waals surface area contributed by atoms with Crippen LogP contribution in [0.3, 0.4) is 0 Å². The highest BCUT2D eigenvalue weighted by Gasteiger charge is 2.12. The summed E-state index contributed by atoms with van der Waals surface area (Å²) in [6.45, 7) is 0. The molecule has 0 unspecified atom stereocenters. The van der Waals surface area contributed by atoms with Gasteiger partial charge in [0, 0.05) is 17.8 Å². The summed E-state index contributed by atoms with van der Waals surface area (Å²) in [5.41, 5.74) is 2.41. The fourth-order valence-electron chi connectivity index (χ4n) is 1.73. The van der Waals surface area contributed by atoms with Gasteiger partial charge in [-0.2, -0.15) is 0 Å². The second kappa shape index (κ2) is 5.63. The first kappa shape index (κ1) is 13.9. The number of benzene rings is 2. The van der Waals surface area contributed by atoms with Gasteiger partial charge >= 0.3 is 0 Å². The van der Waals surface area contributed by atoms with E-state index in [1.165, 1.54) is 6.26 Å². The third-order valence-electron chi connectivity index (χ3n) is 2.67. The van der Waals surface area contributed by atoms with Crippen LogP contribution in [0.4, 0.5) is 11.4 Å². The lowest BCUT2D eigenvalue weighted by molar-refractivity contribution is 0.602. The van der Waals surface area contributed by atoms with Crippen LogP contribution in [-0.4, -0.2) is 14.7 Å². The summed E-state index contributed by atoms with van der Waals surface area (Å²) < 4.78 is 23.4. The number of anilines is 2. The van der Waals surface area contributed by atoms with E-state index >= 15 is 0 Å². The summed E-state index contributed by atoms with van der Waals surface area (Å²) in [7, 11) is -3.25. The second-order valence-electron chi connectivity index (χ2n) is 4.22. The first-order valence-corrected chi connectivity index (χ1v) is 8.14. The van der Waals surface area contributed by atoms with Crippen molar-refractivity contribution in [2.45, 2.75) is 10.8 Å². The third-order valence-corrected chi connectivity index (χ3v) is 4.14. The molecule has 0 saturated carbocycles. The van der Waals surface area contributed by atoms with Gasteiger partial charge in [0.1, 0.15) is 0 Å². The van der Waals surface area contributed by atoms with Crippen LogP contribution in [0.5, 0.6) is 0 Å². The van der Waals surface area contributed by atoms with E-state index in [0.29, 0.717) is 11.6 Å². The van der Waals surface area contributed by atoms with Gasteiger partial charge in [-0.25, -0.2) is 8.42 Å². The number of halogens is 1. The zero-order valence-electron chi connectivity index (χ0n) is 10.4. The van der Waals surface area contributed by atoms with Crippen molar-refractivity contribution >= 4 is 32.8 Å². The number of nitrogens with one attached hydrogen (secondary N) is 1. The zero-order valence-corrected chi connectivity index (χ0v) is 12.0. The Morgan fingerprint density at radius 2 is 1.68 bits per heavy atom. The van der Waals surface area contributed by atoms with Gasteiger partial charge in [-0.15, -0.1) is 11.6 Å². The fourth-order valence-corrected chi connectivity index (χ4v) is 2.75. The number of hydrogen-bond donors (Lipinski definition) is 1. The Morgan fingerprint density at radius 1 is 1.05 bits per heavy atom. The van der Waals surface area contributed by atoms with Gasteiger partial charge in [-0.05, 0) is 29.8 Å². The monoisotopic (exact) mass is 295 g/mol. The average Bonchev–Trinajstić information content (AvgIpc) is 2.39. The lowest BCUT2D eigenvalue weighted by Crippen LogP contribution is -2.02. The first-order valence-electron chi connectivity index (χ1n) is 5.72. The minimum atomic E-state index is -3.25. The van der Waals surface area contributed by atoms with Gasteiger partial charge in [0.25, 0.3) is 0 Å². The molecule has 3 nitrogen and oxygen atoms in total. The van der Waals surface area contributed by atoms with Crippen molar-refractivity contribution in [3.8, 4) is 0 Å². The minimum absolute atomic E-state index is 0.288. The van der Waals surface area contributed by atoms with Crippen LogP contribution >= 0.6 is 11.6 Å². The maximum absolute atomic E-state index is 11.7. The molecule has 0 aliphatic carbocycles. The molecule has 0 heterocycles. The molecule has 0 radical (unpaired) electrons. The quantitative estimate of drug-likeness (QED) is 0.877. The molecule has 0 spiro atoms. The summed E-state index contributed by atoms with van der Waals surface area (Å²) in [5, 5.41) is 3.11. The van der Waals surface area contributed by atoms with E-state index < -0.39 is 9.84 Å². The molecule has 0 saturated heterocycles. The predicted octanol–water partition coefficient (Wildman–Crippen LogP) is 3.57. The molecule has 0 bridgehead atoms. The van der Waals surface area contributed by atoms with Gasteiger partial charge in [-0.1, -0.05) is 24.3 Å². The van der Waals surface area contributed by atoms with Crippen LogP contribution in [0, 0.1) is 0 Å². The summed E-state index contributed by atoms with van der Waals surface area (Å²) >= 11 is 5.72. The van der Waals surface area contributed by atoms with Crippen molar-refractivity contribution in [2.24, 2.45) is 0 Å². The molecule has 1 N–H and O–H groups in total. The molecule has 5 heteroatoms. The minimum Gasteiger partial charge on any atom is -0.354 e. The number of para-hydroxylation sites is 1. The van der Waals surface area contributed by atoms with Gasteiger partial charge in [-0.3, -0.25) is 0 Å². The molecule has 0 aliphatic heterocycles. The Kier molecular flexibility index (Phi) is 4.12. The highest BCUT2D eigenvalue weighted by Crippen LogP contribution is 2.24. The highest BCUT2D eigenvalue weighted by atomic mass is 35.5. The standard InChI is InChI=1S/C14H14ClNO2S/c1-19(17,18)14-5-3-2-4-13(14)16-12-8-6-11(10-15)7-9-12/h2-9,16H,10H2,1H3. The number of hydrogen-bond acceptors (Lipinski definition) is 3. The maximum Gasteiger partial charge on any atom is 0.177 e. The largest absolute Gasteiger partial charge is 0.354 e. The lowest BCUT2D eigenvalue weighted by atomic mass is 10.2. The molecule has 2 aromatic rings. The molecular weight excluding hydrogens is 282 g/mol. The van der Waals surface area contributed by atoms with Crippen LogP contribution in [0.15, 0.2) is 53.4 Å². The van der Waals surface area contributed by atoms with Crippen molar-refractivity contribution in [2.75, 3.05) is 11.6 Å². The number of sulfone groups is 1. The third kappa shape index (κ3) is 3.49. The average molecular weight is 296 g/mol. The zero-order chi connectivity index (χ0) is 13.9. The maximum atomic E-state index is 11.7. The van der Waals surface area contributed by atoms with Crippen molar-refractivity contribution in [1.29, 1.82) is 0 Å². The summed E-state index contributed by atoms with van der Waals surface area (Å²) in [4.78, 5) is 0.288. The summed E-state index contributed by atoms with van der Waals surface area (Å²) in [5.74, 6) is 0.459. The van der Waals surface area contributed by atoms with E-state index in [9.17, 15) is 8.42 Å². The molecular formula is C14H14ClNO2S. The molecule has 100 valence electrons. The van der Waals surface area contributed by atoms with E-state index in [2.05, 4.69) is 5.32 Å². The molecule has 0 amide bonds. The van der Waals surface area contributed by atoms with Crippen LogP contribution in [-0.2, 0) is 15.7 Å². The second-order valence-corrected chi connectivity index (χ2v) is 6.48. The number of alkyl halides is 1. The van der Waals surface area contributed by atoms with Gasteiger partial charge in [0.15, 0.2) is 9.84 Å². The Balaban J connectivity index is 2.33. The topological polar surface area (TPSA) is 46.2 Å². The van der Waals surface area contributed by atoms with Gasteiger partial charge in [0.2, 0.25) is 0 Å². The van der Waals surface area contributed by atoms with E-state index in [0.717, 1.165) is 11.3 Å². The Bertz CT molecular complexity index is 666. The van der Waals surface area contributed by atoms with Crippen LogP contribution in [0.25, 0.3) is 0 Å². The molecule has 0 atom stereocenters. The molecule has 2 rings (SSSR count). The molecule has 0 fully saturated rings. The molecule has 0 aromatic heterocycles. The predicted molar refractivity (Wildman–Crippen MR) is 78.8 cm³/mol. The van der Waals surface area contributed by atoms with Crippen molar-refractivity contribution in [1.82, 2.24) is 0 Å². The number of rotatable bonds is 4. The van der Waals surface area contributed by atoms with Crippen LogP contribution < -0.4 is 5.32 Å². The smallest absolute Gasteiger partial charge is 0.177 e. The van der Waals surface area contributed by atoms with Crippen molar-refractivity contribution < 1.29 is 8.42 Å². The lowest BCUT2D eigenvalue weighted by Gasteiger charge is -2.11. The molecule has 0 aliphatic rings. The fraction of sp³-hybridized carbons (Fsp3) is 0.143. The highest BCUT2D eigenvalue weighted by molar-refractivity contribution is 7.90. The van der Waals surface area contributed by atoms with Gasteiger partial charge < -0.3 is 5.32 Å². The van der Waals surface area contributed by atoms with E-state index in [1.807, 2.05) is 24.3 Å². The Labute approximate surface area is 118 Å². The normalized spacial score (nSPS) is 11.3. The van der Waals surface area contributed by atoms with Gasteiger partial charge in [0.05, 0.1) is 10.6 Å². The van der Waals surface area contributed by atoms with E-state index in [4.69, 9.17) is 11.6 Å². The first-order chi connectivity index (χ1) is 9.00. The van der Waals surface area contributed by atoms with E-state index in [-0.39, 0.29) is 4.90 Å². The SMILES string of the molecule is CS(=O)(=O)c1ccccc1Nc1ccc(CCl)cc1.